The number of carbonyl (C=O) groups is 1. The lowest BCUT2D eigenvalue weighted by molar-refractivity contribution is -0.116. The van der Waals surface area contributed by atoms with E-state index in [1.54, 1.807) is 0 Å². The third-order valence-corrected chi connectivity index (χ3v) is 3.76. The van der Waals surface area contributed by atoms with Gasteiger partial charge in [0.1, 0.15) is 0 Å². The molecule has 24 heavy (non-hydrogen) atoms. The van der Waals surface area contributed by atoms with E-state index in [9.17, 15) is 4.79 Å². The standard InChI is InChI=1S/C21H20N2O/c24-21(23-19-14-8-3-9-15-19)16-20(17-10-4-1-5-11-17)22-18-12-6-2-7-13-18/h1-15,20,22H,16H2,(H,23,24). The summed E-state index contributed by atoms with van der Waals surface area (Å²) in [5.41, 5.74) is 2.90. The SMILES string of the molecule is O=C(CC(Nc1ccccc1)c1ccccc1)Nc1ccccc1. The van der Waals surface area contributed by atoms with Gasteiger partial charge in [0.05, 0.1) is 12.5 Å². The molecule has 3 rings (SSSR count). The van der Waals surface area contributed by atoms with Crippen LogP contribution < -0.4 is 10.6 Å². The quantitative estimate of drug-likeness (QED) is 0.681. The summed E-state index contributed by atoms with van der Waals surface area (Å²) in [4.78, 5) is 12.4. The zero-order valence-corrected chi connectivity index (χ0v) is 13.4. The lowest BCUT2D eigenvalue weighted by atomic mass is 10.0. The van der Waals surface area contributed by atoms with Crippen molar-refractivity contribution in [2.45, 2.75) is 12.5 Å². The Morgan fingerprint density at radius 2 is 1.21 bits per heavy atom. The van der Waals surface area contributed by atoms with Crippen LogP contribution in [0.15, 0.2) is 91.0 Å². The number of carbonyl (C=O) groups excluding carboxylic acids is 1. The van der Waals surface area contributed by atoms with Crippen molar-refractivity contribution in [3.05, 3.63) is 96.6 Å². The van der Waals surface area contributed by atoms with E-state index in [1.807, 2.05) is 91.0 Å². The van der Waals surface area contributed by atoms with Crippen molar-refractivity contribution in [3.63, 3.8) is 0 Å². The van der Waals surface area contributed by atoms with Gasteiger partial charge in [-0.3, -0.25) is 4.79 Å². The third kappa shape index (κ3) is 4.46. The number of hydrogen-bond acceptors (Lipinski definition) is 2. The second-order valence-corrected chi connectivity index (χ2v) is 5.59. The van der Waals surface area contributed by atoms with E-state index in [0.29, 0.717) is 6.42 Å². The molecule has 0 saturated heterocycles. The summed E-state index contributed by atoms with van der Waals surface area (Å²) in [7, 11) is 0. The molecule has 0 bridgehead atoms. The fourth-order valence-corrected chi connectivity index (χ4v) is 2.59. The molecule has 0 heterocycles. The van der Waals surface area contributed by atoms with Crippen molar-refractivity contribution in [3.8, 4) is 0 Å². The van der Waals surface area contributed by atoms with Gasteiger partial charge in [-0.05, 0) is 29.8 Å². The number of para-hydroxylation sites is 2. The molecule has 1 unspecified atom stereocenters. The number of amides is 1. The van der Waals surface area contributed by atoms with Gasteiger partial charge in [-0.1, -0.05) is 66.7 Å². The number of hydrogen-bond donors (Lipinski definition) is 2. The van der Waals surface area contributed by atoms with Crippen LogP contribution in [0.3, 0.4) is 0 Å². The molecule has 3 aromatic rings. The minimum Gasteiger partial charge on any atom is -0.378 e. The fourth-order valence-electron chi connectivity index (χ4n) is 2.59. The maximum Gasteiger partial charge on any atom is 0.226 e. The van der Waals surface area contributed by atoms with Crippen LogP contribution in [-0.2, 0) is 4.79 Å². The van der Waals surface area contributed by atoms with Gasteiger partial charge in [0.25, 0.3) is 0 Å². The summed E-state index contributed by atoms with van der Waals surface area (Å²) in [6, 6.07) is 29.4. The molecule has 3 nitrogen and oxygen atoms in total. The molecule has 0 aliphatic rings. The van der Waals surface area contributed by atoms with Gasteiger partial charge in [0.15, 0.2) is 0 Å². The molecule has 0 saturated carbocycles. The van der Waals surface area contributed by atoms with Crippen LogP contribution >= 0.6 is 0 Å². The summed E-state index contributed by atoms with van der Waals surface area (Å²) in [6.07, 6.45) is 0.355. The van der Waals surface area contributed by atoms with Crippen LogP contribution in [0.25, 0.3) is 0 Å². The van der Waals surface area contributed by atoms with Crippen LogP contribution in [0.4, 0.5) is 11.4 Å². The van der Waals surface area contributed by atoms with Gasteiger partial charge < -0.3 is 10.6 Å². The Kier molecular flexibility index (Phi) is 5.25. The maximum absolute atomic E-state index is 12.4. The normalized spacial score (nSPS) is 11.5. The molecule has 2 N–H and O–H groups in total. The van der Waals surface area contributed by atoms with Crippen molar-refractivity contribution < 1.29 is 4.79 Å². The zero-order chi connectivity index (χ0) is 16.6. The van der Waals surface area contributed by atoms with Crippen molar-refractivity contribution in [1.82, 2.24) is 0 Å². The first kappa shape index (κ1) is 15.8. The first-order valence-electron chi connectivity index (χ1n) is 8.03. The first-order chi connectivity index (χ1) is 11.8. The van der Waals surface area contributed by atoms with E-state index in [0.717, 1.165) is 16.9 Å². The number of benzene rings is 3. The lowest BCUT2D eigenvalue weighted by Crippen LogP contribution is -2.20. The second-order valence-electron chi connectivity index (χ2n) is 5.59. The Hall–Kier alpha value is -3.07. The highest BCUT2D eigenvalue weighted by atomic mass is 16.1. The molecule has 1 atom stereocenters. The van der Waals surface area contributed by atoms with Gasteiger partial charge in [-0.15, -0.1) is 0 Å². The zero-order valence-electron chi connectivity index (χ0n) is 13.4. The Morgan fingerprint density at radius 1 is 0.708 bits per heavy atom. The van der Waals surface area contributed by atoms with E-state index >= 15 is 0 Å². The molecule has 0 fully saturated rings. The topological polar surface area (TPSA) is 41.1 Å². The highest BCUT2D eigenvalue weighted by Gasteiger charge is 2.16. The highest BCUT2D eigenvalue weighted by molar-refractivity contribution is 5.91. The predicted octanol–water partition coefficient (Wildman–Crippen LogP) is 4.87. The minimum atomic E-state index is -0.0858. The second kappa shape index (κ2) is 7.97. The molecule has 0 spiro atoms. The molecule has 0 aliphatic heterocycles. The number of anilines is 2. The van der Waals surface area contributed by atoms with E-state index in [-0.39, 0.29) is 11.9 Å². The molecule has 0 radical (unpaired) electrons. The van der Waals surface area contributed by atoms with Crippen molar-refractivity contribution in [1.29, 1.82) is 0 Å². The molecular weight excluding hydrogens is 296 g/mol. The van der Waals surface area contributed by atoms with Gasteiger partial charge >= 0.3 is 0 Å². The maximum atomic E-state index is 12.4. The van der Waals surface area contributed by atoms with Crippen LogP contribution in [0, 0.1) is 0 Å². The molecule has 3 heteroatoms. The van der Waals surface area contributed by atoms with E-state index in [1.165, 1.54) is 0 Å². The Balaban J connectivity index is 1.73. The van der Waals surface area contributed by atoms with Crippen molar-refractivity contribution in [2.24, 2.45) is 0 Å². The van der Waals surface area contributed by atoms with Gasteiger partial charge in [-0.25, -0.2) is 0 Å². The van der Waals surface area contributed by atoms with Crippen molar-refractivity contribution >= 4 is 17.3 Å². The summed E-state index contributed by atoms with van der Waals surface area (Å²) in [5, 5.41) is 6.40. The Morgan fingerprint density at radius 3 is 1.79 bits per heavy atom. The molecule has 120 valence electrons. The largest absolute Gasteiger partial charge is 0.378 e. The molecule has 0 aliphatic carbocycles. The van der Waals surface area contributed by atoms with Gasteiger partial charge in [0, 0.05) is 11.4 Å². The van der Waals surface area contributed by atoms with E-state index in [4.69, 9.17) is 0 Å². The highest BCUT2D eigenvalue weighted by Crippen LogP contribution is 2.23. The van der Waals surface area contributed by atoms with Crippen LogP contribution in [0.1, 0.15) is 18.0 Å². The smallest absolute Gasteiger partial charge is 0.226 e. The van der Waals surface area contributed by atoms with Crippen LogP contribution in [0.5, 0.6) is 0 Å². The number of rotatable bonds is 6. The summed E-state index contributed by atoms with van der Waals surface area (Å²) >= 11 is 0. The first-order valence-corrected chi connectivity index (χ1v) is 8.03. The van der Waals surface area contributed by atoms with Gasteiger partial charge in [-0.2, -0.15) is 0 Å². The van der Waals surface area contributed by atoms with E-state index < -0.39 is 0 Å². The van der Waals surface area contributed by atoms with Gasteiger partial charge in [0.2, 0.25) is 5.91 Å². The summed E-state index contributed by atoms with van der Waals surface area (Å²) in [5.74, 6) is -0.0153. The average Bonchev–Trinajstić information content (AvgIpc) is 2.63. The third-order valence-electron chi connectivity index (χ3n) is 3.76. The molecule has 3 aromatic carbocycles. The Labute approximate surface area is 142 Å². The summed E-state index contributed by atoms with van der Waals surface area (Å²) in [6.45, 7) is 0. The van der Waals surface area contributed by atoms with Crippen LogP contribution in [0.2, 0.25) is 0 Å². The minimum absolute atomic E-state index is 0.0153. The predicted molar refractivity (Wildman–Crippen MR) is 98.9 cm³/mol. The average molecular weight is 316 g/mol. The lowest BCUT2D eigenvalue weighted by Gasteiger charge is -2.20. The molecule has 1 amide bonds. The van der Waals surface area contributed by atoms with Crippen molar-refractivity contribution in [2.75, 3.05) is 10.6 Å². The number of nitrogens with one attached hydrogen (secondary N) is 2. The Bertz CT molecular complexity index is 758. The fraction of sp³-hybridized carbons (Fsp3) is 0.0952. The van der Waals surface area contributed by atoms with E-state index in [2.05, 4.69) is 10.6 Å². The monoisotopic (exact) mass is 316 g/mol. The molecule has 0 aromatic heterocycles. The molecular formula is C21H20N2O. The van der Waals surface area contributed by atoms with Crippen LogP contribution in [-0.4, -0.2) is 5.91 Å². The summed E-state index contributed by atoms with van der Waals surface area (Å²) < 4.78 is 0.